The van der Waals surface area contributed by atoms with Gasteiger partial charge in [-0.1, -0.05) is 13.3 Å². The van der Waals surface area contributed by atoms with Gasteiger partial charge in [0.25, 0.3) is 0 Å². The van der Waals surface area contributed by atoms with Gasteiger partial charge in [-0.3, -0.25) is 5.10 Å². The van der Waals surface area contributed by atoms with E-state index in [1.165, 1.54) is 19.3 Å². The number of H-pyrrole nitrogens is 1. The van der Waals surface area contributed by atoms with Gasteiger partial charge in [-0.05, 0) is 31.5 Å². The second-order valence-corrected chi connectivity index (χ2v) is 4.67. The lowest BCUT2D eigenvalue weighted by molar-refractivity contribution is 0.122. The lowest BCUT2D eigenvalue weighted by Crippen LogP contribution is -2.09. The van der Waals surface area contributed by atoms with Crippen molar-refractivity contribution in [2.24, 2.45) is 0 Å². The highest BCUT2D eigenvalue weighted by Gasteiger charge is 2.28. The zero-order valence-corrected chi connectivity index (χ0v) is 10.6. The first-order chi connectivity index (χ1) is 7.83. The number of hydrogen-bond acceptors (Lipinski definition) is 3. The van der Waals surface area contributed by atoms with Crippen molar-refractivity contribution in [3.05, 3.63) is 10.6 Å². The number of rotatable bonds is 7. The summed E-state index contributed by atoms with van der Waals surface area (Å²) in [6.45, 7) is 4.57. The van der Waals surface area contributed by atoms with Gasteiger partial charge in [0.15, 0.2) is 4.77 Å². The Morgan fingerprint density at radius 1 is 1.50 bits per heavy atom. The molecule has 1 N–H and O–H groups in total. The van der Waals surface area contributed by atoms with Crippen LogP contribution in [-0.2, 0) is 11.3 Å². The van der Waals surface area contributed by atoms with Gasteiger partial charge in [-0.25, -0.2) is 0 Å². The highest BCUT2D eigenvalue weighted by Crippen LogP contribution is 2.38. The predicted molar refractivity (Wildman–Crippen MR) is 65.1 cm³/mol. The van der Waals surface area contributed by atoms with Crippen LogP contribution < -0.4 is 0 Å². The van der Waals surface area contributed by atoms with E-state index in [9.17, 15) is 0 Å². The third-order valence-electron chi connectivity index (χ3n) is 2.83. The summed E-state index contributed by atoms with van der Waals surface area (Å²) in [5, 5.41) is 7.15. The molecule has 2 rings (SSSR count). The monoisotopic (exact) mass is 241 g/mol. The van der Waals surface area contributed by atoms with Crippen LogP contribution in [0.4, 0.5) is 0 Å². The molecular weight excluding hydrogens is 222 g/mol. The van der Waals surface area contributed by atoms with Crippen molar-refractivity contribution in [1.29, 1.82) is 0 Å². The van der Waals surface area contributed by atoms with E-state index in [0.717, 1.165) is 36.8 Å². The summed E-state index contributed by atoms with van der Waals surface area (Å²) in [6, 6.07) is 0. The molecule has 90 valence electrons. The Labute approximate surface area is 101 Å². The maximum atomic E-state index is 5.55. The minimum Gasteiger partial charge on any atom is -0.380 e. The van der Waals surface area contributed by atoms with Gasteiger partial charge >= 0.3 is 0 Å². The molecule has 0 aromatic carbocycles. The maximum absolute atomic E-state index is 5.55. The van der Waals surface area contributed by atoms with E-state index in [1.54, 1.807) is 0 Å². The van der Waals surface area contributed by atoms with Crippen LogP contribution >= 0.6 is 12.2 Å². The van der Waals surface area contributed by atoms with Crippen molar-refractivity contribution in [1.82, 2.24) is 14.8 Å². The lowest BCUT2D eigenvalue weighted by atomic mass is 10.4. The summed E-state index contributed by atoms with van der Waals surface area (Å²) in [7, 11) is 0. The molecular formula is C11H19N3OS. The Morgan fingerprint density at radius 2 is 2.31 bits per heavy atom. The topological polar surface area (TPSA) is 42.8 Å². The molecule has 0 radical (unpaired) electrons. The number of nitrogens with one attached hydrogen (secondary N) is 1. The van der Waals surface area contributed by atoms with Crippen molar-refractivity contribution in [3.63, 3.8) is 0 Å². The van der Waals surface area contributed by atoms with E-state index in [4.69, 9.17) is 17.0 Å². The van der Waals surface area contributed by atoms with Crippen LogP contribution in [-0.4, -0.2) is 28.0 Å². The highest BCUT2D eigenvalue weighted by atomic mass is 32.1. The number of ether oxygens (including phenoxy) is 1. The fourth-order valence-electron chi connectivity index (χ4n) is 1.70. The van der Waals surface area contributed by atoms with Crippen LogP contribution in [0.2, 0.25) is 0 Å². The number of hydrogen-bond donors (Lipinski definition) is 1. The SMILES string of the molecule is CCCCOCCn1c(C2CC2)n[nH]c1=S. The normalized spacial score (nSPS) is 15.6. The van der Waals surface area contributed by atoms with E-state index in [-0.39, 0.29) is 0 Å². The van der Waals surface area contributed by atoms with Crippen molar-refractivity contribution in [2.45, 2.75) is 45.1 Å². The molecule has 1 aliphatic rings. The number of aromatic amines is 1. The standard InChI is InChI=1S/C11H19N3OS/c1-2-3-7-15-8-6-14-10(9-4-5-9)12-13-11(14)16/h9H,2-8H2,1H3,(H,13,16). The van der Waals surface area contributed by atoms with Crippen LogP contribution in [0.15, 0.2) is 0 Å². The quantitative estimate of drug-likeness (QED) is 0.589. The second kappa shape index (κ2) is 5.59. The number of aromatic nitrogens is 3. The summed E-state index contributed by atoms with van der Waals surface area (Å²) in [5.41, 5.74) is 0. The Hall–Kier alpha value is -0.680. The van der Waals surface area contributed by atoms with E-state index in [2.05, 4.69) is 21.7 Å². The lowest BCUT2D eigenvalue weighted by Gasteiger charge is -2.06. The first-order valence-corrected chi connectivity index (χ1v) is 6.46. The van der Waals surface area contributed by atoms with Gasteiger partial charge in [0, 0.05) is 12.5 Å². The van der Waals surface area contributed by atoms with Gasteiger partial charge in [-0.15, -0.1) is 0 Å². The zero-order valence-electron chi connectivity index (χ0n) is 9.74. The average molecular weight is 241 g/mol. The Bertz CT molecular complexity index is 381. The molecule has 1 fully saturated rings. The molecule has 16 heavy (non-hydrogen) atoms. The molecule has 0 unspecified atom stereocenters. The Kier molecular flexibility index (Phi) is 4.12. The molecule has 1 heterocycles. The van der Waals surface area contributed by atoms with Crippen LogP contribution in [0.25, 0.3) is 0 Å². The predicted octanol–water partition coefficient (Wildman–Crippen LogP) is 2.63. The molecule has 0 saturated heterocycles. The first-order valence-electron chi connectivity index (χ1n) is 6.05. The molecule has 1 aromatic heterocycles. The minimum absolute atomic E-state index is 0.628. The highest BCUT2D eigenvalue weighted by molar-refractivity contribution is 7.71. The first kappa shape index (κ1) is 11.8. The fourth-order valence-corrected chi connectivity index (χ4v) is 1.93. The molecule has 0 amide bonds. The van der Waals surface area contributed by atoms with Gasteiger partial charge in [0.05, 0.1) is 13.2 Å². The zero-order chi connectivity index (χ0) is 11.4. The molecule has 5 heteroatoms. The molecule has 1 aromatic rings. The fraction of sp³-hybridized carbons (Fsp3) is 0.818. The van der Waals surface area contributed by atoms with Crippen LogP contribution in [0.1, 0.15) is 44.3 Å². The Balaban J connectivity index is 1.83. The molecule has 0 spiro atoms. The molecule has 0 aliphatic heterocycles. The number of unbranched alkanes of at least 4 members (excludes halogenated alkanes) is 1. The number of nitrogens with zero attached hydrogens (tertiary/aromatic N) is 2. The molecule has 4 nitrogen and oxygen atoms in total. The summed E-state index contributed by atoms with van der Waals surface area (Å²) in [5.74, 6) is 1.74. The van der Waals surface area contributed by atoms with Crippen molar-refractivity contribution < 1.29 is 4.74 Å². The van der Waals surface area contributed by atoms with E-state index >= 15 is 0 Å². The van der Waals surface area contributed by atoms with Crippen LogP contribution in [0.5, 0.6) is 0 Å². The third kappa shape index (κ3) is 2.92. The van der Waals surface area contributed by atoms with Crippen LogP contribution in [0.3, 0.4) is 0 Å². The van der Waals surface area contributed by atoms with Crippen molar-refractivity contribution >= 4 is 12.2 Å². The summed E-state index contributed by atoms with van der Waals surface area (Å²) >= 11 is 5.21. The van der Waals surface area contributed by atoms with E-state index in [1.807, 2.05) is 0 Å². The van der Waals surface area contributed by atoms with Gasteiger partial charge in [0.2, 0.25) is 0 Å². The maximum Gasteiger partial charge on any atom is 0.195 e. The van der Waals surface area contributed by atoms with E-state index < -0.39 is 0 Å². The summed E-state index contributed by atoms with van der Waals surface area (Å²) in [6.07, 6.45) is 4.80. The average Bonchev–Trinajstić information content (AvgIpc) is 3.05. The van der Waals surface area contributed by atoms with Gasteiger partial charge in [-0.2, -0.15) is 5.10 Å². The molecule has 1 saturated carbocycles. The second-order valence-electron chi connectivity index (χ2n) is 4.28. The summed E-state index contributed by atoms with van der Waals surface area (Å²) in [4.78, 5) is 0. The van der Waals surface area contributed by atoms with Crippen LogP contribution in [0, 0.1) is 4.77 Å². The van der Waals surface area contributed by atoms with Crippen molar-refractivity contribution in [3.8, 4) is 0 Å². The third-order valence-corrected chi connectivity index (χ3v) is 3.14. The molecule has 0 atom stereocenters. The smallest absolute Gasteiger partial charge is 0.195 e. The minimum atomic E-state index is 0.628. The molecule has 1 aliphatic carbocycles. The van der Waals surface area contributed by atoms with E-state index in [0.29, 0.717) is 5.92 Å². The molecule has 0 bridgehead atoms. The summed E-state index contributed by atoms with van der Waals surface area (Å²) < 4.78 is 8.35. The Morgan fingerprint density at radius 3 is 3.00 bits per heavy atom. The van der Waals surface area contributed by atoms with Gasteiger partial charge in [0.1, 0.15) is 5.82 Å². The largest absolute Gasteiger partial charge is 0.380 e. The van der Waals surface area contributed by atoms with Gasteiger partial charge < -0.3 is 9.30 Å². The van der Waals surface area contributed by atoms with Crippen molar-refractivity contribution in [2.75, 3.05) is 13.2 Å².